The lowest BCUT2D eigenvalue weighted by molar-refractivity contribution is 0.0935. The maximum absolute atomic E-state index is 13.4. The fourth-order valence-corrected chi connectivity index (χ4v) is 3.33. The van der Waals surface area contributed by atoms with Gasteiger partial charge in [-0.1, -0.05) is 32.0 Å². The number of methoxy groups -OCH3 is 3. The van der Waals surface area contributed by atoms with Crippen molar-refractivity contribution in [2.45, 2.75) is 13.8 Å². The van der Waals surface area contributed by atoms with Crippen molar-refractivity contribution in [3.63, 3.8) is 0 Å². The summed E-state index contributed by atoms with van der Waals surface area (Å²) in [5.74, 6) is 1.18. The molecule has 0 aliphatic rings. The number of carbonyl (C=O) groups excluding carboxylic acids is 2. The van der Waals surface area contributed by atoms with Gasteiger partial charge in [-0.25, -0.2) is 0 Å². The Labute approximate surface area is 187 Å². The van der Waals surface area contributed by atoms with Gasteiger partial charge in [0.1, 0.15) is 11.5 Å². The largest absolute Gasteiger partial charge is 0.492 e. The summed E-state index contributed by atoms with van der Waals surface area (Å²) in [6.07, 6.45) is 0. The molecule has 0 saturated heterocycles. The molecule has 0 amide bonds. The first-order valence-corrected chi connectivity index (χ1v) is 10.2. The Hall–Kier alpha value is -3.80. The molecule has 0 aromatic heterocycles. The van der Waals surface area contributed by atoms with Crippen LogP contribution in [-0.4, -0.2) is 32.9 Å². The van der Waals surface area contributed by atoms with E-state index in [0.29, 0.717) is 17.1 Å². The Morgan fingerprint density at radius 1 is 0.688 bits per heavy atom. The SMILES string of the molecule is COc1c(C(=O)c2ccc(Oc3ccccc3)cc2)cc(C(=O)C(C)C)c(OC)c1OC. The first-order valence-electron chi connectivity index (χ1n) is 10.2. The minimum atomic E-state index is -0.313. The summed E-state index contributed by atoms with van der Waals surface area (Å²) in [5.41, 5.74) is 0.900. The van der Waals surface area contributed by atoms with Crippen LogP contribution < -0.4 is 18.9 Å². The van der Waals surface area contributed by atoms with E-state index in [9.17, 15) is 9.59 Å². The smallest absolute Gasteiger partial charge is 0.204 e. The van der Waals surface area contributed by atoms with Gasteiger partial charge in [0.25, 0.3) is 0 Å². The molecule has 0 aliphatic heterocycles. The van der Waals surface area contributed by atoms with Crippen molar-refractivity contribution in [1.82, 2.24) is 0 Å². The molecule has 0 aliphatic carbocycles. The number of hydrogen-bond donors (Lipinski definition) is 0. The normalized spacial score (nSPS) is 10.6. The molecule has 3 aromatic carbocycles. The van der Waals surface area contributed by atoms with E-state index >= 15 is 0 Å². The topological polar surface area (TPSA) is 71.1 Å². The van der Waals surface area contributed by atoms with Crippen LogP contribution in [0.15, 0.2) is 60.7 Å². The van der Waals surface area contributed by atoms with Crippen LogP contribution >= 0.6 is 0 Å². The maximum atomic E-state index is 13.4. The number of hydrogen-bond acceptors (Lipinski definition) is 6. The number of benzene rings is 3. The van der Waals surface area contributed by atoms with E-state index < -0.39 is 0 Å². The van der Waals surface area contributed by atoms with Gasteiger partial charge in [0.05, 0.1) is 32.5 Å². The first-order chi connectivity index (χ1) is 15.4. The number of ketones is 2. The zero-order valence-electron chi connectivity index (χ0n) is 18.8. The molecule has 3 rings (SSSR count). The van der Waals surface area contributed by atoms with Crippen molar-refractivity contribution < 1.29 is 28.5 Å². The summed E-state index contributed by atoms with van der Waals surface area (Å²) < 4.78 is 22.2. The molecule has 0 bridgehead atoms. The van der Waals surface area contributed by atoms with Gasteiger partial charge in [-0.15, -0.1) is 0 Å². The molecule has 166 valence electrons. The second-order valence-corrected chi connectivity index (χ2v) is 7.36. The number of Topliss-reactive ketones (excluding diaryl/α,β-unsaturated/α-hetero) is 1. The third-order valence-corrected chi connectivity index (χ3v) is 4.93. The average Bonchev–Trinajstić information content (AvgIpc) is 2.82. The van der Waals surface area contributed by atoms with Crippen molar-refractivity contribution >= 4 is 11.6 Å². The molecule has 6 heteroatoms. The zero-order valence-corrected chi connectivity index (χ0v) is 18.8. The van der Waals surface area contributed by atoms with Crippen molar-refractivity contribution in [1.29, 1.82) is 0 Å². The van der Waals surface area contributed by atoms with E-state index in [1.165, 1.54) is 27.4 Å². The number of ether oxygens (including phenoxy) is 4. The molecule has 0 radical (unpaired) electrons. The minimum absolute atomic E-state index is 0.163. The summed E-state index contributed by atoms with van der Waals surface area (Å²) in [5, 5.41) is 0. The fraction of sp³-hybridized carbons (Fsp3) is 0.231. The lowest BCUT2D eigenvalue weighted by Crippen LogP contribution is -2.14. The lowest BCUT2D eigenvalue weighted by atomic mass is 9.94. The molecule has 0 saturated carbocycles. The highest BCUT2D eigenvalue weighted by Crippen LogP contribution is 2.44. The van der Waals surface area contributed by atoms with Crippen LogP contribution in [0.5, 0.6) is 28.7 Å². The van der Waals surface area contributed by atoms with Gasteiger partial charge in [-0.2, -0.15) is 0 Å². The van der Waals surface area contributed by atoms with Crippen molar-refractivity contribution in [2.24, 2.45) is 5.92 Å². The monoisotopic (exact) mass is 434 g/mol. The summed E-state index contributed by atoms with van der Waals surface area (Å²) in [7, 11) is 4.32. The Kier molecular flexibility index (Phi) is 7.15. The first kappa shape index (κ1) is 22.9. The minimum Gasteiger partial charge on any atom is -0.492 e. The van der Waals surface area contributed by atoms with Gasteiger partial charge in [0, 0.05) is 11.5 Å². The molecule has 0 N–H and O–H groups in total. The van der Waals surface area contributed by atoms with Crippen LogP contribution in [0.25, 0.3) is 0 Å². The van der Waals surface area contributed by atoms with E-state index in [2.05, 4.69) is 0 Å². The summed E-state index contributed by atoms with van der Waals surface area (Å²) >= 11 is 0. The predicted octanol–water partition coefficient (Wildman–Crippen LogP) is 5.57. The average molecular weight is 434 g/mol. The molecular formula is C26H26O6. The molecule has 0 fully saturated rings. The predicted molar refractivity (Wildman–Crippen MR) is 122 cm³/mol. The van der Waals surface area contributed by atoms with E-state index in [1.807, 2.05) is 30.3 Å². The molecule has 6 nitrogen and oxygen atoms in total. The van der Waals surface area contributed by atoms with Crippen molar-refractivity contribution in [3.05, 3.63) is 77.4 Å². The molecule has 3 aromatic rings. The van der Waals surface area contributed by atoms with Crippen LogP contribution in [0.2, 0.25) is 0 Å². The van der Waals surface area contributed by atoms with Crippen LogP contribution in [0.1, 0.15) is 40.1 Å². The van der Waals surface area contributed by atoms with Gasteiger partial charge in [0.15, 0.2) is 23.1 Å². The molecule has 0 atom stereocenters. The van der Waals surface area contributed by atoms with E-state index in [0.717, 1.165) is 0 Å². The standard InChI is InChI=1S/C26H26O6/c1-16(2)22(27)20-15-21(25(30-4)26(31-5)24(20)29-3)23(28)17-11-13-19(14-12-17)32-18-9-7-6-8-10-18/h6-16H,1-5H3. The Morgan fingerprint density at radius 3 is 1.75 bits per heavy atom. The molecule has 0 unspecified atom stereocenters. The van der Waals surface area contributed by atoms with Gasteiger partial charge >= 0.3 is 0 Å². The van der Waals surface area contributed by atoms with E-state index in [1.54, 1.807) is 38.1 Å². The number of para-hydroxylation sites is 1. The fourth-order valence-electron chi connectivity index (χ4n) is 3.33. The van der Waals surface area contributed by atoms with Crippen LogP contribution in [0.3, 0.4) is 0 Å². The Balaban J connectivity index is 2.03. The lowest BCUT2D eigenvalue weighted by Gasteiger charge is -2.19. The third-order valence-electron chi connectivity index (χ3n) is 4.93. The van der Waals surface area contributed by atoms with Crippen LogP contribution in [0, 0.1) is 5.92 Å². The highest BCUT2D eigenvalue weighted by molar-refractivity contribution is 6.13. The quantitative estimate of drug-likeness (QED) is 0.410. The number of rotatable bonds is 9. The highest BCUT2D eigenvalue weighted by Gasteiger charge is 2.28. The van der Waals surface area contributed by atoms with E-state index in [4.69, 9.17) is 18.9 Å². The van der Waals surface area contributed by atoms with Crippen LogP contribution in [0.4, 0.5) is 0 Å². The molecular weight excluding hydrogens is 408 g/mol. The van der Waals surface area contributed by atoms with Gasteiger partial charge in [-0.05, 0) is 42.5 Å². The maximum Gasteiger partial charge on any atom is 0.204 e. The Morgan fingerprint density at radius 2 is 1.22 bits per heavy atom. The summed E-state index contributed by atoms with van der Waals surface area (Å²) in [6, 6.07) is 17.6. The molecule has 0 spiro atoms. The third kappa shape index (κ3) is 4.59. The second kappa shape index (κ2) is 10.0. The summed E-state index contributed by atoms with van der Waals surface area (Å²) in [6.45, 7) is 3.57. The van der Waals surface area contributed by atoms with Crippen molar-refractivity contribution in [3.8, 4) is 28.7 Å². The highest BCUT2D eigenvalue weighted by atomic mass is 16.5. The number of carbonyl (C=O) groups is 2. The van der Waals surface area contributed by atoms with Gasteiger partial charge < -0.3 is 18.9 Å². The summed E-state index contributed by atoms with van der Waals surface area (Å²) in [4.78, 5) is 26.2. The Bertz CT molecular complexity index is 1100. The molecule has 32 heavy (non-hydrogen) atoms. The van der Waals surface area contributed by atoms with E-state index in [-0.39, 0.29) is 45.9 Å². The van der Waals surface area contributed by atoms with Crippen LogP contribution in [-0.2, 0) is 0 Å². The van der Waals surface area contributed by atoms with Gasteiger partial charge in [-0.3, -0.25) is 9.59 Å². The molecule has 0 heterocycles. The van der Waals surface area contributed by atoms with Gasteiger partial charge in [0.2, 0.25) is 5.75 Å². The second-order valence-electron chi connectivity index (χ2n) is 7.36. The zero-order chi connectivity index (χ0) is 23.3. The van der Waals surface area contributed by atoms with Crippen molar-refractivity contribution in [2.75, 3.05) is 21.3 Å².